The van der Waals surface area contributed by atoms with Gasteiger partial charge in [-0.25, -0.2) is 4.79 Å². The van der Waals surface area contributed by atoms with Crippen LogP contribution in [0.15, 0.2) is 60.7 Å². The molecule has 1 atom stereocenters. The van der Waals surface area contributed by atoms with Gasteiger partial charge in [0.2, 0.25) is 0 Å². The van der Waals surface area contributed by atoms with Crippen molar-refractivity contribution in [3.8, 4) is 0 Å². The van der Waals surface area contributed by atoms with Gasteiger partial charge in [0.05, 0.1) is 0 Å². The highest BCUT2D eigenvalue weighted by Gasteiger charge is 2.19. The van der Waals surface area contributed by atoms with E-state index in [1.54, 1.807) is 0 Å². The Labute approximate surface area is 157 Å². The van der Waals surface area contributed by atoms with Crippen LogP contribution in [0.2, 0.25) is 0 Å². The van der Waals surface area contributed by atoms with Gasteiger partial charge in [0.15, 0.2) is 0 Å². The van der Waals surface area contributed by atoms with Crippen molar-refractivity contribution in [3.63, 3.8) is 0 Å². The predicted molar refractivity (Wildman–Crippen MR) is 106 cm³/mol. The quantitative estimate of drug-likeness (QED) is 0.695. The van der Waals surface area contributed by atoms with Gasteiger partial charge in [-0.15, -0.1) is 0 Å². The number of carbonyl (C=O) groups is 1. The van der Waals surface area contributed by atoms with Crippen molar-refractivity contribution in [1.29, 1.82) is 0 Å². The molecule has 0 saturated carbocycles. The SMILES string of the molecule is CC(C)(C)OC(=O)N[C@H](CCNCc1ccccc1)Cc1ccccc1. The van der Waals surface area contributed by atoms with Crippen LogP contribution >= 0.6 is 0 Å². The summed E-state index contributed by atoms with van der Waals surface area (Å²) in [6.07, 6.45) is 1.26. The predicted octanol–water partition coefficient (Wildman–Crippen LogP) is 4.30. The first-order valence-corrected chi connectivity index (χ1v) is 9.20. The highest BCUT2D eigenvalue weighted by Crippen LogP contribution is 2.10. The lowest BCUT2D eigenvalue weighted by Gasteiger charge is -2.24. The van der Waals surface area contributed by atoms with Crippen LogP contribution in [0.25, 0.3) is 0 Å². The molecule has 0 aliphatic carbocycles. The fourth-order valence-electron chi connectivity index (χ4n) is 2.70. The second-order valence-electron chi connectivity index (χ2n) is 7.48. The van der Waals surface area contributed by atoms with Gasteiger partial charge in [-0.1, -0.05) is 60.7 Å². The molecule has 2 aromatic carbocycles. The third kappa shape index (κ3) is 8.17. The lowest BCUT2D eigenvalue weighted by atomic mass is 10.0. The molecule has 2 rings (SSSR count). The second-order valence-corrected chi connectivity index (χ2v) is 7.48. The van der Waals surface area contributed by atoms with Gasteiger partial charge in [-0.3, -0.25) is 0 Å². The van der Waals surface area contributed by atoms with E-state index in [1.165, 1.54) is 11.1 Å². The Morgan fingerprint density at radius 3 is 2.12 bits per heavy atom. The van der Waals surface area contributed by atoms with E-state index in [0.29, 0.717) is 0 Å². The molecule has 0 unspecified atom stereocenters. The number of hydrogen-bond donors (Lipinski definition) is 2. The maximum atomic E-state index is 12.2. The highest BCUT2D eigenvalue weighted by atomic mass is 16.6. The van der Waals surface area contributed by atoms with Gasteiger partial charge < -0.3 is 15.4 Å². The lowest BCUT2D eigenvalue weighted by molar-refractivity contribution is 0.0502. The first kappa shape index (κ1) is 20.0. The van der Waals surface area contributed by atoms with E-state index in [2.05, 4.69) is 34.9 Å². The number of rotatable bonds is 8. The molecule has 0 spiro atoms. The number of ether oxygens (including phenoxy) is 1. The standard InChI is InChI=1S/C22H30N2O2/c1-22(2,3)26-21(25)24-20(16-18-10-6-4-7-11-18)14-15-23-17-19-12-8-5-9-13-19/h4-13,20,23H,14-17H2,1-3H3,(H,24,25)/t20-/m1/s1. The zero-order valence-electron chi connectivity index (χ0n) is 16.0. The van der Waals surface area contributed by atoms with Crippen LogP contribution in [-0.2, 0) is 17.7 Å². The van der Waals surface area contributed by atoms with Gasteiger partial charge in [0.1, 0.15) is 5.60 Å². The highest BCUT2D eigenvalue weighted by molar-refractivity contribution is 5.68. The normalized spacial score (nSPS) is 12.4. The Kier molecular flexibility index (Phi) is 7.67. The molecule has 0 aliphatic heterocycles. The Balaban J connectivity index is 1.86. The topological polar surface area (TPSA) is 50.4 Å². The second kappa shape index (κ2) is 9.97. The molecule has 1 amide bonds. The molecule has 140 valence electrons. The summed E-state index contributed by atoms with van der Waals surface area (Å²) >= 11 is 0. The number of benzene rings is 2. The largest absolute Gasteiger partial charge is 0.444 e. The number of alkyl carbamates (subject to hydrolysis) is 1. The van der Waals surface area contributed by atoms with Crippen molar-refractivity contribution in [1.82, 2.24) is 10.6 Å². The smallest absolute Gasteiger partial charge is 0.407 e. The summed E-state index contributed by atoms with van der Waals surface area (Å²) in [6.45, 7) is 7.27. The summed E-state index contributed by atoms with van der Waals surface area (Å²) in [4.78, 5) is 12.2. The molecule has 0 heterocycles. The van der Waals surface area contributed by atoms with Gasteiger partial charge >= 0.3 is 6.09 Å². The van der Waals surface area contributed by atoms with Crippen LogP contribution < -0.4 is 10.6 Å². The fraction of sp³-hybridized carbons (Fsp3) is 0.409. The molecule has 0 aromatic heterocycles. The average Bonchev–Trinajstić information content (AvgIpc) is 2.59. The molecular formula is C22H30N2O2. The minimum atomic E-state index is -0.493. The summed E-state index contributed by atoms with van der Waals surface area (Å²) in [7, 11) is 0. The van der Waals surface area contributed by atoms with Crippen LogP contribution in [0, 0.1) is 0 Å². The molecular weight excluding hydrogens is 324 g/mol. The molecule has 4 nitrogen and oxygen atoms in total. The Morgan fingerprint density at radius 2 is 1.54 bits per heavy atom. The third-order valence-electron chi connectivity index (χ3n) is 3.89. The van der Waals surface area contributed by atoms with E-state index < -0.39 is 5.60 Å². The van der Waals surface area contributed by atoms with E-state index in [1.807, 2.05) is 57.2 Å². The maximum absolute atomic E-state index is 12.2. The van der Waals surface area contributed by atoms with Crippen molar-refractivity contribution < 1.29 is 9.53 Å². The molecule has 0 radical (unpaired) electrons. The zero-order valence-corrected chi connectivity index (χ0v) is 16.0. The van der Waals surface area contributed by atoms with E-state index in [0.717, 1.165) is 25.9 Å². The van der Waals surface area contributed by atoms with Crippen LogP contribution in [-0.4, -0.2) is 24.3 Å². The Hall–Kier alpha value is -2.33. The fourth-order valence-corrected chi connectivity index (χ4v) is 2.70. The van der Waals surface area contributed by atoms with Crippen LogP contribution in [0.5, 0.6) is 0 Å². The van der Waals surface area contributed by atoms with E-state index >= 15 is 0 Å². The van der Waals surface area contributed by atoms with E-state index in [9.17, 15) is 4.79 Å². The number of amides is 1. The van der Waals surface area contributed by atoms with Crippen molar-refractivity contribution in [2.45, 2.75) is 51.8 Å². The monoisotopic (exact) mass is 354 g/mol. The number of carbonyl (C=O) groups excluding carboxylic acids is 1. The minimum Gasteiger partial charge on any atom is -0.444 e. The Bertz CT molecular complexity index is 651. The summed E-state index contributed by atoms with van der Waals surface area (Å²) in [5, 5.41) is 6.47. The van der Waals surface area contributed by atoms with Crippen molar-refractivity contribution in [2.24, 2.45) is 0 Å². The third-order valence-corrected chi connectivity index (χ3v) is 3.89. The molecule has 2 N–H and O–H groups in total. The van der Waals surface area contributed by atoms with Crippen LogP contribution in [0.3, 0.4) is 0 Å². The van der Waals surface area contributed by atoms with Crippen LogP contribution in [0.1, 0.15) is 38.3 Å². The average molecular weight is 354 g/mol. The van der Waals surface area contributed by atoms with Crippen molar-refractivity contribution >= 4 is 6.09 Å². The molecule has 0 saturated heterocycles. The lowest BCUT2D eigenvalue weighted by Crippen LogP contribution is -2.41. The summed E-state index contributed by atoms with van der Waals surface area (Å²) in [5.74, 6) is 0. The molecule has 0 bridgehead atoms. The summed E-state index contributed by atoms with van der Waals surface area (Å²) < 4.78 is 5.41. The zero-order chi connectivity index (χ0) is 18.8. The van der Waals surface area contributed by atoms with E-state index in [4.69, 9.17) is 4.74 Å². The summed E-state index contributed by atoms with van der Waals surface area (Å²) in [6, 6.07) is 20.5. The van der Waals surface area contributed by atoms with Gasteiger partial charge in [0.25, 0.3) is 0 Å². The summed E-state index contributed by atoms with van der Waals surface area (Å²) in [5.41, 5.74) is 1.97. The Morgan fingerprint density at radius 1 is 0.962 bits per heavy atom. The van der Waals surface area contributed by atoms with Crippen molar-refractivity contribution in [3.05, 3.63) is 71.8 Å². The molecule has 2 aromatic rings. The minimum absolute atomic E-state index is 0.0236. The molecule has 4 heteroatoms. The van der Waals surface area contributed by atoms with Crippen LogP contribution in [0.4, 0.5) is 4.79 Å². The van der Waals surface area contributed by atoms with Gasteiger partial charge in [-0.2, -0.15) is 0 Å². The molecule has 0 fully saturated rings. The van der Waals surface area contributed by atoms with E-state index in [-0.39, 0.29) is 12.1 Å². The maximum Gasteiger partial charge on any atom is 0.407 e. The first-order valence-electron chi connectivity index (χ1n) is 9.20. The van der Waals surface area contributed by atoms with Gasteiger partial charge in [0, 0.05) is 12.6 Å². The van der Waals surface area contributed by atoms with Crippen molar-refractivity contribution in [2.75, 3.05) is 6.54 Å². The number of nitrogens with one attached hydrogen (secondary N) is 2. The number of hydrogen-bond acceptors (Lipinski definition) is 3. The first-order chi connectivity index (χ1) is 12.4. The molecule has 0 aliphatic rings. The van der Waals surface area contributed by atoms with Gasteiger partial charge in [-0.05, 0) is 51.3 Å². The molecule has 26 heavy (non-hydrogen) atoms.